The number of carbonyl (C=O) groups excluding carboxylic acids is 2. The Balaban J connectivity index is 2.19. The molecular weight excluding hydrogens is 320 g/mol. The molecule has 4 unspecified atom stereocenters. The Kier molecular flexibility index (Phi) is 7.29. The fourth-order valence-corrected chi connectivity index (χ4v) is 4.83. The maximum atomic E-state index is 13.1. The third kappa shape index (κ3) is 4.36. The van der Waals surface area contributed by atoms with E-state index in [-0.39, 0.29) is 42.1 Å². The van der Waals surface area contributed by atoms with Gasteiger partial charge in [-0.15, -0.1) is 0 Å². The molecule has 2 rings (SSSR count). The van der Waals surface area contributed by atoms with Crippen molar-refractivity contribution >= 4 is 11.9 Å². The van der Waals surface area contributed by atoms with Gasteiger partial charge in [0, 0.05) is 7.11 Å². The SMILES string of the molecule is CCC1CC(CC)C(C(=O)OC2(CC)CCCC2)C1C(=O)OCOC. The van der Waals surface area contributed by atoms with Crippen LogP contribution in [0.3, 0.4) is 0 Å². The van der Waals surface area contributed by atoms with E-state index >= 15 is 0 Å². The van der Waals surface area contributed by atoms with Crippen LogP contribution in [0.2, 0.25) is 0 Å². The molecule has 0 aromatic heterocycles. The van der Waals surface area contributed by atoms with Crippen molar-refractivity contribution in [1.29, 1.82) is 0 Å². The summed E-state index contributed by atoms with van der Waals surface area (Å²) >= 11 is 0. The highest BCUT2D eigenvalue weighted by molar-refractivity contribution is 5.83. The molecule has 4 atom stereocenters. The van der Waals surface area contributed by atoms with Gasteiger partial charge in [0.05, 0.1) is 11.8 Å². The monoisotopic (exact) mass is 354 g/mol. The van der Waals surface area contributed by atoms with Gasteiger partial charge in [0.1, 0.15) is 5.60 Å². The van der Waals surface area contributed by atoms with Crippen molar-refractivity contribution in [3.8, 4) is 0 Å². The maximum Gasteiger partial charge on any atom is 0.312 e. The van der Waals surface area contributed by atoms with E-state index in [2.05, 4.69) is 20.8 Å². The van der Waals surface area contributed by atoms with E-state index < -0.39 is 5.92 Å². The molecule has 0 amide bonds. The van der Waals surface area contributed by atoms with E-state index in [0.717, 1.165) is 51.4 Å². The first-order valence-corrected chi connectivity index (χ1v) is 9.90. The van der Waals surface area contributed by atoms with E-state index in [0.29, 0.717) is 0 Å². The van der Waals surface area contributed by atoms with Crippen LogP contribution in [0.1, 0.15) is 72.1 Å². The molecule has 0 aromatic carbocycles. The minimum absolute atomic E-state index is 0.0662. The molecule has 0 saturated heterocycles. The summed E-state index contributed by atoms with van der Waals surface area (Å²) in [6, 6.07) is 0. The van der Waals surface area contributed by atoms with Crippen LogP contribution < -0.4 is 0 Å². The highest BCUT2D eigenvalue weighted by atomic mass is 16.7. The predicted octanol–water partition coefficient (Wildman–Crippen LogP) is 4.09. The molecule has 2 aliphatic rings. The Morgan fingerprint density at radius 1 is 0.960 bits per heavy atom. The first-order chi connectivity index (χ1) is 12.0. The summed E-state index contributed by atoms with van der Waals surface area (Å²) in [4.78, 5) is 25.8. The van der Waals surface area contributed by atoms with Crippen molar-refractivity contribution < 1.29 is 23.8 Å². The molecule has 25 heavy (non-hydrogen) atoms. The zero-order valence-corrected chi connectivity index (χ0v) is 16.2. The topological polar surface area (TPSA) is 61.8 Å². The summed E-state index contributed by atoms with van der Waals surface area (Å²) in [6.45, 7) is 6.19. The molecule has 5 nitrogen and oxygen atoms in total. The molecule has 0 bridgehead atoms. The van der Waals surface area contributed by atoms with Gasteiger partial charge in [-0.05, 0) is 50.4 Å². The van der Waals surface area contributed by atoms with E-state index in [9.17, 15) is 9.59 Å². The van der Waals surface area contributed by atoms with Gasteiger partial charge in [0.2, 0.25) is 0 Å². The van der Waals surface area contributed by atoms with Crippen LogP contribution in [0.4, 0.5) is 0 Å². The molecular formula is C20H34O5. The van der Waals surface area contributed by atoms with Gasteiger partial charge in [-0.25, -0.2) is 0 Å². The number of ether oxygens (including phenoxy) is 3. The molecule has 2 saturated carbocycles. The van der Waals surface area contributed by atoms with Gasteiger partial charge in [-0.1, -0.05) is 33.6 Å². The summed E-state index contributed by atoms with van der Waals surface area (Å²) in [5.41, 5.74) is -0.319. The fraction of sp³-hybridized carbons (Fsp3) is 0.900. The molecule has 2 aliphatic carbocycles. The van der Waals surface area contributed by atoms with Crippen molar-refractivity contribution in [2.24, 2.45) is 23.7 Å². The molecule has 0 radical (unpaired) electrons. The van der Waals surface area contributed by atoms with E-state index in [1.54, 1.807) is 0 Å². The second-order valence-electron chi connectivity index (χ2n) is 7.66. The van der Waals surface area contributed by atoms with Gasteiger partial charge >= 0.3 is 11.9 Å². The zero-order chi connectivity index (χ0) is 18.4. The lowest BCUT2D eigenvalue weighted by atomic mass is 9.85. The largest absolute Gasteiger partial charge is 0.459 e. The Morgan fingerprint density at radius 3 is 2.00 bits per heavy atom. The van der Waals surface area contributed by atoms with E-state index in [4.69, 9.17) is 14.2 Å². The molecule has 2 fully saturated rings. The second kappa shape index (κ2) is 9.02. The van der Waals surface area contributed by atoms with E-state index in [1.807, 2.05) is 0 Å². The van der Waals surface area contributed by atoms with Crippen molar-refractivity contribution in [1.82, 2.24) is 0 Å². The highest BCUT2D eigenvalue weighted by Crippen LogP contribution is 2.47. The first-order valence-electron chi connectivity index (χ1n) is 9.90. The first kappa shape index (κ1) is 20.2. The van der Waals surface area contributed by atoms with Crippen LogP contribution in [0.5, 0.6) is 0 Å². The van der Waals surface area contributed by atoms with Crippen molar-refractivity contribution in [3.63, 3.8) is 0 Å². The van der Waals surface area contributed by atoms with Crippen LogP contribution in [-0.2, 0) is 23.8 Å². The number of esters is 2. The number of carbonyl (C=O) groups is 2. The average molecular weight is 354 g/mol. The van der Waals surface area contributed by atoms with Gasteiger partial charge in [0.25, 0.3) is 0 Å². The minimum Gasteiger partial charge on any atom is -0.459 e. The summed E-state index contributed by atoms with van der Waals surface area (Å²) < 4.78 is 16.2. The standard InChI is InChI=1S/C20H34O5/c1-5-14-12-15(6-2)17(16(14)18(21)24-13-23-4)19(22)25-20(7-3)10-8-9-11-20/h14-17H,5-13H2,1-4H3. The van der Waals surface area contributed by atoms with Gasteiger partial charge in [0.15, 0.2) is 6.79 Å². The normalized spacial score (nSPS) is 31.0. The van der Waals surface area contributed by atoms with Gasteiger partial charge < -0.3 is 14.2 Å². The van der Waals surface area contributed by atoms with Gasteiger partial charge in [-0.3, -0.25) is 9.59 Å². The smallest absolute Gasteiger partial charge is 0.312 e. The predicted molar refractivity (Wildman–Crippen MR) is 94.7 cm³/mol. The Morgan fingerprint density at radius 2 is 1.52 bits per heavy atom. The second-order valence-corrected chi connectivity index (χ2v) is 7.66. The highest BCUT2D eigenvalue weighted by Gasteiger charge is 2.52. The average Bonchev–Trinajstić information content (AvgIpc) is 3.24. The van der Waals surface area contributed by atoms with E-state index in [1.165, 1.54) is 7.11 Å². The van der Waals surface area contributed by atoms with Crippen LogP contribution in [0, 0.1) is 23.7 Å². The number of hydrogen-bond donors (Lipinski definition) is 0. The summed E-state index contributed by atoms with van der Waals surface area (Å²) in [5, 5.41) is 0. The molecule has 144 valence electrons. The van der Waals surface area contributed by atoms with Crippen LogP contribution >= 0.6 is 0 Å². The van der Waals surface area contributed by atoms with Crippen molar-refractivity contribution in [2.75, 3.05) is 13.9 Å². The quantitative estimate of drug-likeness (QED) is 0.485. The Labute approximate surface area is 151 Å². The zero-order valence-electron chi connectivity index (χ0n) is 16.2. The maximum absolute atomic E-state index is 13.1. The Hall–Kier alpha value is -1.10. The molecule has 0 N–H and O–H groups in total. The lowest BCUT2D eigenvalue weighted by Gasteiger charge is -2.32. The molecule has 0 spiro atoms. The number of rotatable bonds is 8. The lowest BCUT2D eigenvalue weighted by Crippen LogP contribution is -2.40. The number of methoxy groups -OCH3 is 1. The minimum atomic E-state index is -0.409. The number of hydrogen-bond acceptors (Lipinski definition) is 5. The molecule has 5 heteroatoms. The van der Waals surface area contributed by atoms with Crippen molar-refractivity contribution in [2.45, 2.75) is 77.7 Å². The molecule has 0 aliphatic heterocycles. The summed E-state index contributed by atoms with van der Waals surface area (Å²) in [5.74, 6) is -0.938. The van der Waals surface area contributed by atoms with Crippen molar-refractivity contribution in [3.05, 3.63) is 0 Å². The fourth-order valence-electron chi connectivity index (χ4n) is 4.83. The Bertz CT molecular complexity index is 455. The molecule has 0 aromatic rings. The van der Waals surface area contributed by atoms with Crippen LogP contribution in [0.25, 0.3) is 0 Å². The third-order valence-electron chi connectivity index (χ3n) is 6.40. The summed E-state index contributed by atoms with van der Waals surface area (Å²) in [7, 11) is 1.49. The third-order valence-corrected chi connectivity index (χ3v) is 6.40. The van der Waals surface area contributed by atoms with Crippen LogP contribution in [0.15, 0.2) is 0 Å². The summed E-state index contributed by atoms with van der Waals surface area (Å²) in [6.07, 6.45) is 7.58. The lowest BCUT2D eigenvalue weighted by molar-refractivity contribution is -0.176. The van der Waals surface area contributed by atoms with Crippen LogP contribution in [-0.4, -0.2) is 31.4 Å². The molecule has 0 heterocycles. The van der Waals surface area contributed by atoms with Gasteiger partial charge in [-0.2, -0.15) is 0 Å².